The van der Waals surface area contributed by atoms with Crippen molar-refractivity contribution in [2.75, 3.05) is 0 Å². The Morgan fingerprint density at radius 3 is 2.00 bits per heavy atom. The van der Waals surface area contributed by atoms with E-state index in [4.69, 9.17) is 15.0 Å². The van der Waals surface area contributed by atoms with Crippen LogP contribution >= 0.6 is 11.3 Å². The molecule has 1 aliphatic rings. The molecule has 0 unspecified atom stereocenters. The van der Waals surface area contributed by atoms with Gasteiger partial charge in [-0.15, -0.1) is 11.3 Å². The van der Waals surface area contributed by atoms with E-state index in [9.17, 15) is 0 Å². The molecule has 5 aromatic carbocycles. The van der Waals surface area contributed by atoms with Gasteiger partial charge in [-0.05, 0) is 58.7 Å². The largest absolute Gasteiger partial charge is 0.278 e. The molecule has 0 fully saturated rings. The molecule has 0 aliphatic heterocycles. The zero-order chi connectivity index (χ0) is 28.7. The average molecular weight is 572 g/mol. The minimum absolute atomic E-state index is 0.120. The van der Waals surface area contributed by atoms with Gasteiger partial charge >= 0.3 is 0 Å². The summed E-state index contributed by atoms with van der Waals surface area (Å²) in [5, 5.41) is 2.34. The highest BCUT2D eigenvalue weighted by molar-refractivity contribution is 7.16. The van der Waals surface area contributed by atoms with Crippen LogP contribution in [0.4, 0.5) is 0 Å². The van der Waals surface area contributed by atoms with Crippen molar-refractivity contribution >= 4 is 43.4 Å². The predicted octanol–water partition coefficient (Wildman–Crippen LogP) is 9.22. The average Bonchev–Trinajstić information content (AvgIpc) is 3.72. The number of benzene rings is 5. The molecule has 0 bridgehead atoms. The molecule has 0 amide bonds. The van der Waals surface area contributed by atoms with E-state index >= 15 is 0 Å². The summed E-state index contributed by atoms with van der Waals surface area (Å²) in [6.07, 6.45) is 0. The first-order chi connectivity index (χ1) is 21.1. The number of hydrogen-bond acceptors (Lipinski definition) is 5. The fourth-order valence-electron chi connectivity index (χ4n) is 6.70. The second kappa shape index (κ2) is 8.90. The molecule has 1 aliphatic carbocycles. The molecule has 3 aromatic heterocycles. The minimum atomic E-state index is -0.120. The highest BCUT2D eigenvalue weighted by atomic mass is 32.1. The molecule has 6 heteroatoms. The molecule has 9 rings (SSSR count). The van der Waals surface area contributed by atoms with Crippen LogP contribution in [-0.2, 0) is 5.41 Å². The Labute approximate surface area is 252 Å². The van der Waals surface area contributed by atoms with Gasteiger partial charge in [-0.25, -0.2) is 9.97 Å². The third kappa shape index (κ3) is 3.57. The zero-order valence-electron chi connectivity index (χ0n) is 23.6. The van der Waals surface area contributed by atoms with Crippen molar-refractivity contribution in [1.82, 2.24) is 24.5 Å². The standard InChI is InChI=1S/C37H25N5S/c1-37(2)28-12-6-3-9-24(28)25-17-15-22(19-29(25)37)34-39-35(23-16-18-30-33(20-23)43-21-38-30)41-36(40-34)42-31-13-7-4-10-26(31)27-11-5-8-14-32(27)42/h3-21H,1-2H3. The minimum Gasteiger partial charge on any atom is -0.278 e. The van der Waals surface area contributed by atoms with Crippen molar-refractivity contribution in [2.45, 2.75) is 19.3 Å². The molecule has 0 saturated heterocycles. The van der Waals surface area contributed by atoms with Crippen LogP contribution in [0.3, 0.4) is 0 Å². The van der Waals surface area contributed by atoms with Crippen molar-refractivity contribution in [2.24, 2.45) is 0 Å². The number of aromatic nitrogens is 5. The Balaban J connectivity index is 1.31. The van der Waals surface area contributed by atoms with Crippen LogP contribution in [-0.4, -0.2) is 24.5 Å². The molecular weight excluding hydrogens is 547 g/mol. The van der Waals surface area contributed by atoms with Crippen molar-refractivity contribution in [3.8, 4) is 39.9 Å². The quantitative estimate of drug-likeness (QED) is 0.212. The van der Waals surface area contributed by atoms with Crippen molar-refractivity contribution in [3.05, 3.63) is 126 Å². The number of para-hydroxylation sites is 2. The maximum absolute atomic E-state index is 5.18. The zero-order valence-corrected chi connectivity index (χ0v) is 24.4. The number of hydrogen-bond donors (Lipinski definition) is 0. The topological polar surface area (TPSA) is 56.5 Å². The second-order valence-corrected chi connectivity index (χ2v) is 12.5. The predicted molar refractivity (Wildman–Crippen MR) is 176 cm³/mol. The first-order valence-electron chi connectivity index (χ1n) is 14.4. The molecule has 3 heterocycles. The molecule has 8 aromatic rings. The summed E-state index contributed by atoms with van der Waals surface area (Å²) in [5.41, 5.74) is 12.0. The molecule has 0 spiro atoms. The Morgan fingerprint density at radius 1 is 0.605 bits per heavy atom. The van der Waals surface area contributed by atoms with Crippen molar-refractivity contribution in [3.63, 3.8) is 0 Å². The van der Waals surface area contributed by atoms with E-state index in [1.165, 1.54) is 33.0 Å². The van der Waals surface area contributed by atoms with E-state index in [1.807, 2.05) is 11.6 Å². The molecule has 5 nitrogen and oxygen atoms in total. The van der Waals surface area contributed by atoms with Crippen LogP contribution in [0.15, 0.2) is 115 Å². The van der Waals surface area contributed by atoms with E-state index < -0.39 is 0 Å². The molecule has 43 heavy (non-hydrogen) atoms. The van der Waals surface area contributed by atoms with E-state index in [0.717, 1.165) is 32.4 Å². The summed E-state index contributed by atoms with van der Waals surface area (Å²) >= 11 is 1.62. The molecule has 0 radical (unpaired) electrons. The third-order valence-corrected chi connectivity index (χ3v) is 9.63. The van der Waals surface area contributed by atoms with Crippen LogP contribution in [0.2, 0.25) is 0 Å². The SMILES string of the molecule is CC1(C)c2ccccc2-c2ccc(-c3nc(-c4ccc5ncsc5c4)nc(-n4c5ccccc5c5ccccc54)n3)cc21. The van der Waals surface area contributed by atoms with Gasteiger partial charge in [0, 0.05) is 27.3 Å². The second-order valence-electron chi connectivity index (χ2n) is 11.6. The van der Waals surface area contributed by atoms with Gasteiger partial charge in [0.15, 0.2) is 11.6 Å². The number of fused-ring (bicyclic) bond motifs is 7. The summed E-state index contributed by atoms with van der Waals surface area (Å²) in [5.74, 6) is 1.89. The monoisotopic (exact) mass is 571 g/mol. The van der Waals surface area contributed by atoms with Gasteiger partial charge in [-0.1, -0.05) is 86.6 Å². The van der Waals surface area contributed by atoms with Gasteiger partial charge in [0.25, 0.3) is 0 Å². The summed E-state index contributed by atoms with van der Waals surface area (Å²) < 4.78 is 3.27. The smallest absolute Gasteiger partial charge is 0.238 e. The Hall–Kier alpha value is -5.20. The number of rotatable bonds is 3. The molecule has 0 N–H and O–H groups in total. The first kappa shape index (κ1) is 24.4. The molecule has 204 valence electrons. The third-order valence-electron chi connectivity index (χ3n) is 8.83. The van der Waals surface area contributed by atoms with Crippen LogP contribution in [0, 0.1) is 0 Å². The first-order valence-corrected chi connectivity index (χ1v) is 15.3. The normalized spacial score (nSPS) is 13.5. The lowest BCUT2D eigenvalue weighted by Crippen LogP contribution is -2.15. The van der Waals surface area contributed by atoms with E-state index in [2.05, 4.69) is 127 Å². The van der Waals surface area contributed by atoms with E-state index in [1.54, 1.807) is 11.3 Å². The molecule has 0 atom stereocenters. The van der Waals surface area contributed by atoms with Crippen molar-refractivity contribution < 1.29 is 0 Å². The maximum atomic E-state index is 5.18. The summed E-state index contributed by atoms with van der Waals surface area (Å²) in [7, 11) is 0. The lowest BCUT2D eigenvalue weighted by atomic mass is 9.82. The lowest BCUT2D eigenvalue weighted by molar-refractivity contribution is 0.660. The van der Waals surface area contributed by atoms with Gasteiger partial charge in [0.1, 0.15) is 0 Å². The number of thiazole rings is 1. The van der Waals surface area contributed by atoms with Crippen LogP contribution in [0.5, 0.6) is 0 Å². The molecule has 0 saturated carbocycles. The Kier molecular flexibility index (Phi) is 5.05. The van der Waals surface area contributed by atoms with Crippen LogP contribution in [0.1, 0.15) is 25.0 Å². The van der Waals surface area contributed by atoms with Gasteiger partial charge in [-0.3, -0.25) is 4.57 Å². The maximum Gasteiger partial charge on any atom is 0.238 e. The molecular formula is C37H25N5S. The van der Waals surface area contributed by atoms with Gasteiger partial charge < -0.3 is 0 Å². The lowest BCUT2D eigenvalue weighted by Gasteiger charge is -2.21. The van der Waals surface area contributed by atoms with Crippen LogP contribution in [0.25, 0.3) is 71.9 Å². The van der Waals surface area contributed by atoms with Gasteiger partial charge in [0.05, 0.1) is 26.8 Å². The van der Waals surface area contributed by atoms with Gasteiger partial charge in [0.2, 0.25) is 5.95 Å². The Bertz CT molecular complexity index is 2340. The highest BCUT2D eigenvalue weighted by Gasteiger charge is 2.35. The fraction of sp³-hybridized carbons (Fsp3) is 0.0811. The highest BCUT2D eigenvalue weighted by Crippen LogP contribution is 2.49. The van der Waals surface area contributed by atoms with Crippen LogP contribution < -0.4 is 0 Å². The van der Waals surface area contributed by atoms with Gasteiger partial charge in [-0.2, -0.15) is 9.97 Å². The summed E-state index contributed by atoms with van der Waals surface area (Å²) in [6.45, 7) is 4.60. The fourth-order valence-corrected chi connectivity index (χ4v) is 7.41. The van der Waals surface area contributed by atoms with Crippen molar-refractivity contribution in [1.29, 1.82) is 0 Å². The summed E-state index contributed by atoms with van der Waals surface area (Å²) in [6, 6.07) is 38.5. The van der Waals surface area contributed by atoms with E-state index in [0.29, 0.717) is 17.6 Å². The summed E-state index contributed by atoms with van der Waals surface area (Å²) in [4.78, 5) is 19.9. The number of nitrogens with zero attached hydrogens (tertiary/aromatic N) is 5. The van der Waals surface area contributed by atoms with E-state index in [-0.39, 0.29) is 5.41 Å². The Morgan fingerprint density at radius 2 is 1.23 bits per heavy atom.